The molecule has 0 amide bonds. The van der Waals surface area contributed by atoms with Crippen LogP contribution in [0.3, 0.4) is 0 Å². The van der Waals surface area contributed by atoms with Gasteiger partial charge in [0, 0.05) is 0 Å². The molecule has 0 spiro atoms. The number of fused-ring (bicyclic) bond motifs is 2. The second-order valence-electron chi connectivity index (χ2n) is 7.17. The summed E-state index contributed by atoms with van der Waals surface area (Å²) < 4.78 is 0. The molecular formula is C18H38. The van der Waals surface area contributed by atoms with Gasteiger partial charge >= 0.3 is 0 Å². The highest BCUT2D eigenvalue weighted by atomic mass is 14.7. The highest BCUT2D eigenvalue weighted by molar-refractivity contribution is 5.13. The van der Waals surface area contributed by atoms with E-state index in [0.717, 1.165) is 11.8 Å². The van der Waals surface area contributed by atoms with Crippen LogP contribution in [0.4, 0.5) is 0 Å². The standard InChI is InChI=1S/C14H26.2C2H6/c1-7-14(6)11-8-10(13(14,4)5)9-12(11,2)3;2*1-2/h10-11H,7-9H2,1-6H3;2*1-2H3. The lowest BCUT2D eigenvalue weighted by Gasteiger charge is -2.53. The normalized spacial score (nSPS) is 38.3. The molecule has 18 heavy (non-hydrogen) atoms. The van der Waals surface area contributed by atoms with Gasteiger partial charge in [0.15, 0.2) is 0 Å². The predicted octanol–water partition coefficient (Wildman–Crippen LogP) is 6.55. The highest BCUT2D eigenvalue weighted by Gasteiger charge is 2.64. The van der Waals surface area contributed by atoms with E-state index in [9.17, 15) is 0 Å². The Labute approximate surface area is 117 Å². The topological polar surface area (TPSA) is 0 Å². The van der Waals surface area contributed by atoms with Crippen molar-refractivity contribution in [3.63, 3.8) is 0 Å². The molecule has 0 aromatic rings. The SMILES string of the molecule is CC.CC.CCC1(C)C2CC(CC2(C)C)C1(C)C. The van der Waals surface area contributed by atoms with Crippen molar-refractivity contribution in [3.05, 3.63) is 0 Å². The summed E-state index contributed by atoms with van der Waals surface area (Å²) in [5.74, 6) is 1.94. The van der Waals surface area contributed by atoms with Crippen molar-refractivity contribution >= 4 is 0 Å². The van der Waals surface area contributed by atoms with E-state index in [4.69, 9.17) is 0 Å². The fourth-order valence-corrected chi connectivity index (χ4v) is 4.75. The van der Waals surface area contributed by atoms with E-state index in [1.807, 2.05) is 27.7 Å². The molecule has 2 fully saturated rings. The van der Waals surface area contributed by atoms with E-state index in [2.05, 4.69) is 41.5 Å². The molecule has 0 radical (unpaired) electrons. The Kier molecular flexibility index (Phi) is 5.97. The zero-order valence-electron chi connectivity index (χ0n) is 14.8. The van der Waals surface area contributed by atoms with E-state index in [1.165, 1.54) is 19.3 Å². The molecular weight excluding hydrogens is 216 g/mol. The Hall–Kier alpha value is 0. The second kappa shape index (κ2) is 5.97. The Morgan fingerprint density at radius 2 is 1.33 bits per heavy atom. The quantitative estimate of drug-likeness (QED) is 0.498. The summed E-state index contributed by atoms with van der Waals surface area (Å²) in [7, 11) is 0. The van der Waals surface area contributed by atoms with Crippen molar-refractivity contribution in [2.24, 2.45) is 28.1 Å². The third kappa shape index (κ3) is 2.37. The lowest BCUT2D eigenvalue weighted by molar-refractivity contribution is -0.0451. The summed E-state index contributed by atoms with van der Waals surface area (Å²) in [6.07, 6.45) is 4.30. The second-order valence-corrected chi connectivity index (χ2v) is 7.17. The molecule has 2 aliphatic carbocycles. The molecule has 0 aliphatic heterocycles. The van der Waals surface area contributed by atoms with E-state index < -0.39 is 0 Å². The van der Waals surface area contributed by atoms with Crippen LogP contribution in [0.15, 0.2) is 0 Å². The maximum absolute atomic E-state index is 2.54. The Balaban J connectivity index is 0.000000659. The first-order valence-corrected chi connectivity index (χ1v) is 8.25. The molecule has 0 saturated heterocycles. The first-order chi connectivity index (χ1) is 8.25. The molecule has 110 valence electrons. The van der Waals surface area contributed by atoms with Crippen LogP contribution in [0.2, 0.25) is 0 Å². The van der Waals surface area contributed by atoms with Gasteiger partial charge in [-0.3, -0.25) is 0 Å². The molecule has 2 rings (SSSR count). The van der Waals surface area contributed by atoms with Crippen LogP contribution >= 0.6 is 0 Å². The van der Waals surface area contributed by atoms with Gasteiger partial charge in [0.25, 0.3) is 0 Å². The zero-order chi connectivity index (χ0) is 14.8. The average Bonchev–Trinajstić information content (AvgIpc) is 2.78. The molecule has 0 heterocycles. The summed E-state index contributed by atoms with van der Waals surface area (Å²) in [4.78, 5) is 0. The highest BCUT2D eigenvalue weighted by Crippen LogP contribution is 2.72. The minimum absolute atomic E-state index is 0.571. The van der Waals surface area contributed by atoms with E-state index in [0.29, 0.717) is 16.2 Å². The van der Waals surface area contributed by atoms with Crippen LogP contribution in [-0.2, 0) is 0 Å². The molecule has 0 aromatic heterocycles. The van der Waals surface area contributed by atoms with Gasteiger partial charge in [-0.2, -0.15) is 0 Å². The Morgan fingerprint density at radius 1 is 0.889 bits per heavy atom. The molecule has 2 bridgehead atoms. The van der Waals surface area contributed by atoms with Crippen LogP contribution < -0.4 is 0 Å². The van der Waals surface area contributed by atoms with Crippen molar-refractivity contribution in [1.29, 1.82) is 0 Å². The summed E-state index contributed by atoms with van der Waals surface area (Å²) in [6, 6.07) is 0. The third-order valence-corrected chi connectivity index (χ3v) is 6.23. The van der Waals surface area contributed by atoms with Crippen LogP contribution in [-0.4, -0.2) is 0 Å². The van der Waals surface area contributed by atoms with Gasteiger partial charge in [-0.15, -0.1) is 0 Å². The van der Waals surface area contributed by atoms with Gasteiger partial charge in [-0.05, 0) is 47.3 Å². The van der Waals surface area contributed by atoms with Gasteiger partial charge < -0.3 is 0 Å². The molecule has 2 saturated carbocycles. The number of hydrogen-bond donors (Lipinski definition) is 0. The molecule has 3 atom stereocenters. The minimum Gasteiger partial charge on any atom is -0.0683 e. The van der Waals surface area contributed by atoms with E-state index >= 15 is 0 Å². The van der Waals surface area contributed by atoms with Crippen molar-refractivity contribution in [3.8, 4) is 0 Å². The van der Waals surface area contributed by atoms with Gasteiger partial charge in [0.2, 0.25) is 0 Å². The Morgan fingerprint density at radius 3 is 1.61 bits per heavy atom. The fraction of sp³-hybridized carbons (Fsp3) is 1.00. The predicted molar refractivity (Wildman–Crippen MR) is 84.9 cm³/mol. The van der Waals surface area contributed by atoms with Crippen LogP contribution in [0.25, 0.3) is 0 Å². The monoisotopic (exact) mass is 254 g/mol. The van der Waals surface area contributed by atoms with Crippen LogP contribution in [0.5, 0.6) is 0 Å². The molecule has 2 aliphatic rings. The fourth-order valence-electron chi connectivity index (χ4n) is 4.75. The molecule has 0 heteroatoms. The van der Waals surface area contributed by atoms with Crippen LogP contribution in [0.1, 0.15) is 88.5 Å². The summed E-state index contributed by atoms with van der Waals surface area (Å²) >= 11 is 0. The largest absolute Gasteiger partial charge is 0.0683 e. The smallest absolute Gasteiger partial charge is 0.0241 e. The summed E-state index contributed by atoms with van der Waals surface area (Å²) in [5, 5.41) is 0. The Bertz CT molecular complexity index is 249. The van der Waals surface area contributed by atoms with Gasteiger partial charge in [0.05, 0.1) is 0 Å². The van der Waals surface area contributed by atoms with Crippen molar-refractivity contribution in [2.45, 2.75) is 88.5 Å². The van der Waals surface area contributed by atoms with E-state index in [1.54, 1.807) is 0 Å². The van der Waals surface area contributed by atoms with Gasteiger partial charge in [-0.25, -0.2) is 0 Å². The van der Waals surface area contributed by atoms with Gasteiger partial charge in [0.1, 0.15) is 0 Å². The maximum atomic E-state index is 2.54. The zero-order valence-corrected chi connectivity index (χ0v) is 14.8. The summed E-state index contributed by atoms with van der Waals surface area (Å²) in [6.45, 7) is 22.9. The number of rotatable bonds is 1. The first kappa shape index (κ1) is 18.0. The minimum atomic E-state index is 0.571. The first-order valence-electron chi connectivity index (χ1n) is 8.25. The van der Waals surface area contributed by atoms with Crippen molar-refractivity contribution < 1.29 is 0 Å². The lowest BCUT2D eigenvalue weighted by atomic mass is 9.51. The average molecular weight is 255 g/mol. The third-order valence-electron chi connectivity index (χ3n) is 6.23. The molecule has 0 aromatic carbocycles. The van der Waals surface area contributed by atoms with Crippen molar-refractivity contribution in [2.75, 3.05) is 0 Å². The van der Waals surface area contributed by atoms with Crippen molar-refractivity contribution in [1.82, 2.24) is 0 Å². The van der Waals surface area contributed by atoms with Gasteiger partial charge in [-0.1, -0.05) is 69.2 Å². The maximum Gasteiger partial charge on any atom is -0.0241 e. The summed E-state index contributed by atoms with van der Waals surface area (Å²) in [5.41, 5.74) is 1.76. The van der Waals surface area contributed by atoms with E-state index in [-0.39, 0.29) is 0 Å². The lowest BCUT2D eigenvalue weighted by Crippen LogP contribution is -2.46. The van der Waals surface area contributed by atoms with Crippen LogP contribution in [0, 0.1) is 28.1 Å². The number of hydrogen-bond acceptors (Lipinski definition) is 0. The molecule has 0 N–H and O–H groups in total. The molecule has 0 nitrogen and oxygen atoms in total. The molecule has 3 unspecified atom stereocenters.